The van der Waals surface area contributed by atoms with Crippen LogP contribution in [0.25, 0.3) is 0 Å². The van der Waals surface area contributed by atoms with E-state index >= 15 is 0 Å². The summed E-state index contributed by atoms with van der Waals surface area (Å²) >= 11 is 0. The largest absolute Gasteiger partial charge is 0.396 e. The number of hydrogen-bond acceptors (Lipinski definition) is 1. The molecule has 0 heterocycles. The van der Waals surface area contributed by atoms with Crippen LogP contribution < -0.4 is 0 Å². The van der Waals surface area contributed by atoms with E-state index in [2.05, 4.69) is 6.42 Å². The van der Waals surface area contributed by atoms with Gasteiger partial charge in [-0.05, 0) is 31.6 Å². The molecule has 1 rings (SSSR count). The van der Waals surface area contributed by atoms with Crippen LogP contribution in [0, 0.1) is 12.3 Å². The van der Waals surface area contributed by atoms with Crippen molar-refractivity contribution in [2.45, 2.75) is 32.1 Å². The highest BCUT2D eigenvalue weighted by Crippen LogP contribution is 2.21. The maximum absolute atomic E-state index is 8.80. The average molecular weight is 127 g/mol. The summed E-state index contributed by atoms with van der Waals surface area (Å²) in [6.07, 6.45) is 8.53. The molecule has 0 aromatic heterocycles. The molecule has 0 spiro atoms. The van der Waals surface area contributed by atoms with Crippen LogP contribution in [-0.2, 0) is 0 Å². The maximum atomic E-state index is 8.80. The van der Waals surface area contributed by atoms with Gasteiger partial charge in [0, 0.05) is 6.61 Å². The van der Waals surface area contributed by atoms with E-state index < -0.39 is 0 Å². The van der Waals surface area contributed by atoms with Crippen LogP contribution in [0.5, 0.6) is 0 Å². The van der Waals surface area contributed by atoms with E-state index in [1.807, 2.05) is 0 Å². The third-order valence-electron chi connectivity index (χ3n) is 2.06. The van der Waals surface area contributed by atoms with E-state index in [1.54, 1.807) is 0 Å². The van der Waals surface area contributed by atoms with Gasteiger partial charge in [0.2, 0.25) is 0 Å². The zero-order valence-corrected chi connectivity index (χ0v) is 5.84. The number of rotatable bonds is 1. The summed E-state index contributed by atoms with van der Waals surface area (Å²) < 4.78 is 0. The highest BCUT2D eigenvalue weighted by Gasteiger charge is 2.09. The third kappa shape index (κ3) is 2.35. The lowest BCUT2D eigenvalue weighted by atomic mass is 10.0. The molecule has 1 radical (unpaired) electrons. The minimum Gasteiger partial charge on any atom is -0.396 e. The molecule has 1 heteroatoms. The normalized spacial score (nSPS) is 23.7. The number of hydrogen-bond donors (Lipinski definition) is 1. The van der Waals surface area contributed by atoms with Gasteiger partial charge in [-0.1, -0.05) is 12.8 Å². The molecule has 1 saturated carbocycles. The topological polar surface area (TPSA) is 20.2 Å². The molecule has 0 aromatic carbocycles. The third-order valence-corrected chi connectivity index (χ3v) is 2.06. The van der Waals surface area contributed by atoms with Crippen LogP contribution in [0.3, 0.4) is 0 Å². The van der Waals surface area contributed by atoms with Gasteiger partial charge >= 0.3 is 0 Å². The summed E-state index contributed by atoms with van der Waals surface area (Å²) in [5.41, 5.74) is 0. The molecular weight excluding hydrogens is 112 g/mol. The molecule has 1 N–H and O–H groups in total. The molecule has 0 saturated heterocycles. The zero-order valence-electron chi connectivity index (χ0n) is 5.84. The van der Waals surface area contributed by atoms with Crippen LogP contribution in [0.15, 0.2) is 0 Å². The SMILES string of the molecule is OCC1CC[CH]CCC1. The Hall–Kier alpha value is -0.0400. The minimum atomic E-state index is 0.397. The molecule has 1 nitrogen and oxygen atoms in total. The fourth-order valence-electron chi connectivity index (χ4n) is 1.38. The van der Waals surface area contributed by atoms with Crippen molar-refractivity contribution in [3.8, 4) is 0 Å². The summed E-state index contributed by atoms with van der Waals surface area (Å²) in [4.78, 5) is 0. The molecular formula is C8H15O. The highest BCUT2D eigenvalue weighted by molar-refractivity contribution is 4.73. The Balaban J connectivity index is 2.18. The Morgan fingerprint density at radius 2 is 2.22 bits per heavy atom. The smallest absolute Gasteiger partial charge is 0.0459 e. The maximum Gasteiger partial charge on any atom is 0.0459 e. The summed E-state index contributed by atoms with van der Waals surface area (Å²) in [5.74, 6) is 0.601. The number of aliphatic hydroxyl groups excluding tert-OH is 1. The van der Waals surface area contributed by atoms with E-state index in [1.165, 1.54) is 32.1 Å². The second-order valence-electron chi connectivity index (χ2n) is 2.85. The first kappa shape index (κ1) is 7.07. The molecule has 9 heavy (non-hydrogen) atoms. The molecule has 1 aliphatic carbocycles. The van der Waals surface area contributed by atoms with Crippen molar-refractivity contribution in [2.24, 2.45) is 5.92 Å². The van der Waals surface area contributed by atoms with Crippen LogP contribution in [0.1, 0.15) is 32.1 Å². The monoisotopic (exact) mass is 127 g/mol. The molecule has 0 bridgehead atoms. The van der Waals surface area contributed by atoms with Gasteiger partial charge in [-0.2, -0.15) is 0 Å². The summed E-state index contributed by atoms with van der Waals surface area (Å²) in [6, 6.07) is 0. The minimum absolute atomic E-state index is 0.397. The lowest BCUT2D eigenvalue weighted by Crippen LogP contribution is -2.03. The van der Waals surface area contributed by atoms with Crippen molar-refractivity contribution in [2.75, 3.05) is 6.61 Å². The average Bonchev–Trinajstić information content (AvgIpc) is 2.13. The van der Waals surface area contributed by atoms with Gasteiger partial charge in [-0.3, -0.25) is 0 Å². The van der Waals surface area contributed by atoms with E-state index in [-0.39, 0.29) is 0 Å². The van der Waals surface area contributed by atoms with Crippen molar-refractivity contribution < 1.29 is 5.11 Å². The Kier molecular flexibility index (Phi) is 3.05. The fourth-order valence-corrected chi connectivity index (χ4v) is 1.38. The zero-order chi connectivity index (χ0) is 6.53. The second kappa shape index (κ2) is 3.89. The molecule has 0 aliphatic heterocycles. The Bertz CT molecular complexity index is 63.0. The second-order valence-corrected chi connectivity index (χ2v) is 2.85. The van der Waals surface area contributed by atoms with Crippen LogP contribution in [0.4, 0.5) is 0 Å². The Morgan fingerprint density at radius 3 is 3.00 bits per heavy atom. The lowest BCUT2D eigenvalue weighted by molar-refractivity contribution is 0.213. The fraction of sp³-hybridized carbons (Fsp3) is 0.875. The quantitative estimate of drug-likeness (QED) is 0.532. The molecule has 0 amide bonds. The summed E-state index contributed by atoms with van der Waals surface area (Å²) in [7, 11) is 0. The number of aliphatic hydroxyl groups is 1. The standard InChI is InChI=1S/C8H15O/c9-7-8-5-3-1-2-4-6-8/h1,8-9H,2-7H2. The van der Waals surface area contributed by atoms with Crippen molar-refractivity contribution in [3.63, 3.8) is 0 Å². The van der Waals surface area contributed by atoms with Crippen molar-refractivity contribution in [1.82, 2.24) is 0 Å². The van der Waals surface area contributed by atoms with E-state index in [0.29, 0.717) is 12.5 Å². The van der Waals surface area contributed by atoms with Crippen LogP contribution in [-0.4, -0.2) is 11.7 Å². The van der Waals surface area contributed by atoms with Crippen molar-refractivity contribution in [1.29, 1.82) is 0 Å². The van der Waals surface area contributed by atoms with E-state index in [0.717, 1.165) is 0 Å². The van der Waals surface area contributed by atoms with Gasteiger partial charge < -0.3 is 5.11 Å². The summed E-state index contributed by atoms with van der Waals surface area (Å²) in [5, 5.41) is 8.80. The van der Waals surface area contributed by atoms with Gasteiger partial charge in [0.15, 0.2) is 0 Å². The lowest BCUT2D eigenvalue weighted by Gasteiger charge is -2.07. The van der Waals surface area contributed by atoms with Crippen molar-refractivity contribution >= 4 is 0 Å². The molecule has 53 valence electrons. The molecule has 1 atom stereocenters. The van der Waals surface area contributed by atoms with Crippen LogP contribution in [0.2, 0.25) is 0 Å². The molecule has 1 fully saturated rings. The van der Waals surface area contributed by atoms with Crippen LogP contribution >= 0.6 is 0 Å². The molecule has 1 aliphatic rings. The summed E-state index contributed by atoms with van der Waals surface area (Å²) in [6.45, 7) is 0.397. The Morgan fingerprint density at radius 1 is 1.33 bits per heavy atom. The van der Waals surface area contributed by atoms with Gasteiger partial charge in [0.1, 0.15) is 0 Å². The van der Waals surface area contributed by atoms with Gasteiger partial charge in [-0.15, -0.1) is 0 Å². The first-order chi connectivity index (χ1) is 4.43. The van der Waals surface area contributed by atoms with Gasteiger partial charge in [-0.25, -0.2) is 0 Å². The first-order valence-electron chi connectivity index (χ1n) is 3.86. The Labute approximate surface area is 57.1 Å². The van der Waals surface area contributed by atoms with E-state index in [4.69, 9.17) is 5.11 Å². The van der Waals surface area contributed by atoms with E-state index in [9.17, 15) is 0 Å². The first-order valence-corrected chi connectivity index (χ1v) is 3.86. The molecule has 1 unspecified atom stereocenters. The predicted molar refractivity (Wildman–Crippen MR) is 38.0 cm³/mol. The van der Waals surface area contributed by atoms with Crippen molar-refractivity contribution in [3.05, 3.63) is 6.42 Å². The predicted octanol–water partition coefficient (Wildman–Crippen LogP) is 1.76. The molecule has 0 aromatic rings. The van der Waals surface area contributed by atoms with Gasteiger partial charge in [0.05, 0.1) is 0 Å². The van der Waals surface area contributed by atoms with Gasteiger partial charge in [0.25, 0.3) is 0 Å². The highest BCUT2D eigenvalue weighted by atomic mass is 16.3.